The highest BCUT2D eigenvalue weighted by Gasteiger charge is 2.42. The van der Waals surface area contributed by atoms with E-state index in [1.807, 2.05) is 43.3 Å². The van der Waals surface area contributed by atoms with E-state index >= 15 is 0 Å². The van der Waals surface area contributed by atoms with Crippen LogP contribution in [0.1, 0.15) is 39.5 Å². The number of halogens is 1. The van der Waals surface area contributed by atoms with Crippen molar-refractivity contribution in [3.05, 3.63) is 60.7 Å². The SMILES string of the molecule is CCCCCCO[Si](OCC(C)Cl)(c1ccccc1)c1ccccc1. The second-order valence-corrected chi connectivity index (χ2v) is 10.1. The van der Waals surface area contributed by atoms with Gasteiger partial charge >= 0.3 is 8.56 Å². The van der Waals surface area contributed by atoms with Crippen molar-refractivity contribution in [3.8, 4) is 0 Å². The molecule has 0 radical (unpaired) electrons. The van der Waals surface area contributed by atoms with Crippen LogP contribution in [0.4, 0.5) is 0 Å². The normalized spacial score (nSPS) is 12.9. The highest BCUT2D eigenvalue weighted by Crippen LogP contribution is 2.13. The molecule has 2 aromatic carbocycles. The van der Waals surface area contributed by atoms with Crippen molar-refractivity contribution in [1.82, 2.24) is 0 Å². The third-order valence-corrected chi connectivity index (χ3v) is 7.62. The van der Waals surface area contributed by atoms with Crippen LogP contribution in [0.5, 0.6) is 0 Å². The van der Waals surface area contributed by atoms with Gasteiger partial charge in [0.15, 0.2) is 0 Å². The first-order valence-electron chi connectivity index (χ1n) is 9.22. The molecule has 0 saturated carbocycles. The average molecular weight is 377 g/mol. The van der Waals surface area contributed by atoms with E-state index in [1.54, 1.807) is 0 Å². The maximum absolute atomic E-state index is 6.56. The third-order valence-electron chi connectivity index (χ3n) is 4.13. The molecule has 0 aliphatic carbocycles. The third kappa shape index (κ3) is 5.96. The summed E-state index contributed by atoms with van der Waals surface area (Å²) >= 11 is 6.20. The van der Waals surface area contributed by atoms with Crippen molar-refractivity contribution < 1.29 is 8.85 Å². The predicted molar refractivity (Wildman–Crippen MR) is 109 cm³/mol. The quantitative estimate of drug-likeness (QED) is 0.327. The van der Waals surface area contributed by atoms with Gasteiger partial charge in [-0.05, 0) is 23.7 Å². The van der Waals surface area contributed by atoms with E-state index in [0.717, 1.165) is 16.8 Å². The molecule has 0 aliphatic rings. The molecule has 2 aromatic rings. The predicted octanol–water partition coefficient (Wildman–Crippen LogP) is 4.48. The fraction of sp³-hybridized carbons (Fsp3) is 0.429. The summed E-state index contributed by atoms with van der Waals surface area (Å²) in [6.07, 6.45) is 4.72. The lowest BCUT2D eigenvalue weighted by atomic mass is 10.2. The molecule has 0 spiro atoms. The van der Waals surface area contributed by atoms with Crippen molar-refractivity contribution in [2.75, 3.05) is 13.2 Å². The molecule has 0 heterocycles. The summed E-state index contributed by atoms with van der Waals surface area (Å²) in [6.45, 7) is 5.37. The van der Waals surface area contributed by atoms with Gasteiger partial charge in [0.1, 0.15) is 0 Å². The van der Waals surface area contributed by atoms with Crippen molar-refractivity contribution in [2.45, 2.75) is 44.9 Å². The molecule has 0 saturated heterocycles. The van der Waals surface area contributed by atoms with Crippen LogP contribution in [0.25, 0.3) is 0 Å². The molecule has 2 rings (SSSR count). The van der Waals surface area contributed by atoms with Gasteiger partial charge in [0.25, 0.3) is 0 Å². The molecule has 0 N–H and O–H groups in total. The van der Waals surface area contributed by atoms with Gasteiger partial charge in [-0.3, -0.25) is 0 Å². The first-order valence-corrected chi connectivity index (χ1v) is 11.5. The van der Waals surface area contributed by atoms with Crippen LogP contribution in [0, 0.1) is 0 Å². The molecule has 1 unspecified atom stereocenters. The Morgan fingerprint density at radius 3 is 1.88 bits per heavy atom. The van der Waals surface area contributed by atoms with Crippen LogP contribution in [0.15, 0.2) is 60.7 Å². The molecule has 136 valence electrons. The Kier molecular flexibility index (Phi) is 8.69. The molecule has 0 amide bonds. The number of hydrogen-bond donors (Lipinski definition) is 0. The van der Waals surface area contributed by atoms with Gasteiger partial charge in [0.05, 0.1) is 12.0 Å². The first-order chi connectivity index (χ1) is 12.2. The Labute approximate surface area is 158 Å². The van der Waals surface area contributed by atoms with Crippen molar-refractivity contribution in [1.29, 1.82) is 0 Å². The van der Waals surface area contributed by atoms with Crippen LogP contribution in [0.2, 0.25) is 0 Å². The zero-order valence-corrected chi connectivity index (χ0v) is 17.0. The van der Waals surface area contributed by atoms with Gasteiger partial charge in [-0.15, -0.1) is 11.6 Å². The molecule has 4 heteroatoms. The molecule has 2 nitrogen and oxygen atoms in total. The largest absolute Gasteiger partial charge is 0.407 e. The van der Waals surface area contributed by atoms with Gasteiger partial charge in [-0.1, -0.05) is 86.8 Å². The maximum atomic E-state index is 6.56. The van der Waals surface area contributed by atoms with Crippen LogP contribution in [-0.2, 0) is 8.85 Å². The highest BCUT2D eigenvalue weighted by atomic mass is 35.5. The molecule has 0 bridgehead atoms. The fourth-order valence-electron chi connectivity index (χ4n) is 2.83. The minimum atomic E-state index is -2.76. The summed E-state index contributed by atoms with van der Waals surface area (Å²) in [5.41, 5.74) is 0. The van der Waals surface area contributed by atoms with Gasteiger partial charge in [0, 0.05) is 6.61 Å². The number of rotatable bonds is 11. The Morgan fingerprint density at radius 2 is 1.40 bits per heavy atom. The summed E-state index contributed by atoms with van der Waals surface area (Å²) in [4.78, 5) is 0. The lowest BCUT2D eigenvalue weighted by molar-refractivity contribution is 0.189. The van der Waals surface area contributed by atoms with E-state index in [9.17, 15) is 0 Å². The lowest BCUT2D eigenvalue weighted by Gasteiger charge is -2.32. The Bertz CT molecular complexity index is 550. The number of benzene rings is 2. The smallest absolute Gasteiger partial charge is 0.388 e. The van der Waals surface area contributed by atoms with Crippen molar-refractivity contribution in [3.63, 3.8) is 0 Å². The maximum Gasteiger partial charge on any atom is 0.407 e. The van der Waals surface area contributed by atoms with E-state index in [2.05, 4.69) is 31.2 Å². The van der Waals surface area contributed by atoms with E-state index in [0.29, 0.717) is 13.2 Å². The summed E-state index contributed by atoms with van der Waals surface area (Å²) < 4.78 is 13.0. The molecular weight excluding hydrogens is 348 g/mol. The number of hydrogen-bond acceptors (Lipinski definition) is 2. The van der Waals surface area contributed by atoms with E-state index in [-0.39, 0.29) is 5.38 Å². The standard InChI is InChI=1S/C21H29ClO2Si/c1-3-4-5-12-17-23-25(24-18-19(2)22,20-13-8-6-9-14-20)21-15-10-7-11-16-21/h6-11,13-16,19H,3-5,12,17-18H2,1-2H3. The number of unbranched alkanes of at least 4 members (excludes halogenated alkanes) is 3. The zero-order valence-electron chi connectivity index (χ0n) is 15.3. The Balaban J connectivity index is 2.31. The van der Waals surface area contributed by atoms with Gasteiger partial charge < -0.3 is 8.85 Å². The van der Waals surface area contributed by atoms with Gasteiger partial charge in [-0.2, -0.15) is 0 Å². The van der Waals surface area contributed by atoms with Crippen LogP contribution in [-0.4, -0.2) is 27.2 Å². The minimum absolute atomic E-state index is 0.0528. The second-order valence-electron chi connectivity index (χ2n) is 6.35. The molecule has 0 fully saturated rings. The van der Waals surface area contributed by atoms with Gasteiger partial charge in [-0.25, -0.2) is 0 Å². The second kappa shape index (κ2) is 10.8. The Hall–Kier alpha value is -1.13. The van der Waals surface area contributed by atoms with E-state index in [1.165, 1.54) is 19.3 Å². The van der Waals surface area contributed by atoms with Crippen LogP contribution >= 0.6 is 11.6 Å². The Morgan fingerprint density at radius 1 is 0.840 bits per heavy atom. The van der Waals surface area contributed by atoms with E-state index in [4.69, 9.17) is 20.5 Å². The van der Waals surface area contributed by atoms with Crippen molar-refractivity contribution >= 4 is 30.5 Å². The molecular formula is C21H29ClO2Si. The molecule has 0 aromatic heterocycles. The van der Waals surface area contributed by atoms with E-state index < -0.39 is 8.56 Å². The topological polar surface area (TPSA) is 18.5 Å². The molecule has 0 aliphatic heterocycles. The van der Waals surface area contributed by atoms with Crippen molar-refractivity contribution in [2.24, 2.45) is 0 Å². The lowest BCUT2D eigenvalue weighted by Crippen LogP contribution is -2.64. The highest BCUT2D eigenvalue weighted by molar-refractivity contribution is 6.92. The van der Waals surface area contributed by atoms with Crippen LogP contribution in [0.3, 0.4) is 0 Å². The monoisotopic (exact) mass is 376 g/mol. The first kappa shape index (κ1) is 20.2. The van der Waals surface area contributed by atoms with Crippen LogP contribution < -0.4 is 10.4 Å². The average Bonchev–Trinajstić information content (AvgIpc) is 2.65. The summed E-state index contributed by atoms with van der Waals surface area (Å²) in [5.74, 6) is 0. The molecule has 25 heavy (non-hydrogen) atoms. The fourth-order valence-corrected chi connectivity index (χ4v) is 6.26. The minimum Gasteiger partial charge on any atom is -0.388 e. The van der Waals surface area contributed by atoms with Gasteiger partial charge in [0.2, 0.25) is 0 Å². The summed E-state index contributed by atoms with van der Waals surface area (Å²) in [6, 6.07) is 20.7. The zero-order chi connectivity index (χ0) is 18.0. The molecule has 1 atom stereocenters. The number of alkyl halides is 1. The summed E-state index contributed by atoms with van der Waals surface area (Å²) in [5, 5.41) is 2.21. The summed E-state index contributed by atoms with van der Waals surface area (Å²) in [7, 11) is -2.76.